The maximum atomic E-state index is 12.2. The fourth-order valence-electron chi connectivity index (χ4n) is 3.17. The molecule has 3 nitrogen and oxygen atoms in total. The summed E-state index contributed by atoms with van der Waals surface area (Å²) in [5.74, 6) is 1.10. The van der Waals surface area contributed by atoms with E-state index < -0.39 is 5.60 Å². The largest absolute Gasteiger partial charge is 0.444 e. The Hall–Kier alpha value is -1.16. The number of benzene rings is 1. The van der Waals surface area contributed by atoms with Crippen LogP contribution < -0.4 is 0 Å². The number of likely N-dealkylation sites (tertiary alicyclic amines) is 1. The lowest BCUT2D eigenvalue weighted by Crippen LogP contribution is -2.45. The van der Waals surface area contributed by atoms with Gasteiger partial charge in [-0.05, 0) is 44.7 Å². The van der Waals surface area contributed by atoms with Crippen LogP contribution in [0.1, 0.15) is 44.7 Å². The minimum atomic E-state index is -0.416. The van der Waals surface area contributed by atoms with Crippen LogP contribution in [0.5, 0.6) is 0 Å². The van der Waals surface area contributed by atoms with E-state index in [1.54, 1.807) is 0 Å². The van der Waals surface area contributed by atoms with Crippen LogP contribution in [0.3, 0.4) is 0 Å². The highest BCUT2D eigenvalue weighted by Crippen LogP contribution is 2.53. The van der Waals surface area contributed by atoms with Crippen LogP contribution in [0, 0.1) is 0 Å². The topological polar surface area (TPSA) is 29.5 Å². The molecule has 0 N–H and O–H groups in total. The molecule has 1 fully saturated rings. The summed E-state index contributed by atoms with van der Waals surface area (Å²) in [5, 5.41) is 0. The van der Waals surface area contributed by atoms with E-state index in [9.17, 15) is 4.79 Å². The molecule has 0 atom stereocenters. The summed E-state index contributed by atoms with van der Waals surface area (Å²) < 4.78 is 5.70. The van der Waals surface area contributed by atoms with E-state index in [1.165, 1.54) is 11.1 Å². The third-order valence-corrected chi connectivity index (χ3v) is 5.87. The van der Waals surface area contributed by atoms with Crippen molar-refractivity contribution in [3.8, 4) is 0 Å². The van der Waals surface area contributed by atoms with E-state index in [4.69, 9.17) is 4.74 Å². The Morgan fingerprint density at radius 1 is 1.24 bits per heavy atom. The quantitative estimate of drug-likeness (QED) is 0.721. The van der Waals surface area contributed by atoms with Gasteiger partial charge in [0, 0.05) is 23.6 Å². The van der Waals surface area contributed by atoms with Crippen molar-refractivity contribution in [1.29, 1.82) is 0 Å². The van der Waals surface area contributed by atoms with E-state index >= 15 is 0 Å². The zero-order valence-corrected chi connectivity index (χ0v) is 13.8. The van der Waals surface area contributed by atoms with Crippen LogP contribution in [-0.2, 0) is 15.2 Å². The fraction of sp³-hybridized carbons (Fsp3) is 0.588. The first-order valence-corrected chi connectivity index (χ1v) is 8.58. The van der Waals surface area contributed by atoms with Gasteiger partial charge in [-0.3, -0.25) is 0 Å². The Bertz CT molecular complexity index is 542. The zero-order chi connectivity index (χ0) is 15.1. The lowest BCUT2D eigenvalue weighted by atomic mass is 9.86. The molecule has 4 heteroatoms. The first-order valence-electron chi connectivity index (χ1n) is 7.60. The molecule has 1 saturated heterocycles. The summed E-state index contributed by atoms with van der Waals surface area (Å²) in [6.45, 7) is 7.32. The van der Waals surface area contributed by atoms with Crippen molar-refractivity contribution >= 4 is 17.9 Å². The summed E-state index contributed by atoms with van der Waals surface area (Å²) in [4.78, 5) is 14.0. The first-order chi connectivity index (χ1) is 9.90. The van der Waals surface area contributed by atoms with Gasteiger partial charge in [-0.2, -0.15) is 0 Å². The van der Waals surface area contributed by atoms with E-state index in [1.807, 2.05) is 37.4 Å². The molecule has 0 radical (unpaired) electrons. The molecule has 3 rings (SSSR count). The van der Waals surface area contributed by atoms with Gasteiger partial charge >= 0.3 is 6.09 Å². The van der Waals surface area contributed by atoms with Crippen LogP contribution in [0.2, 0.25) is 0 Å². The normalized spacial score (nSPS) is 20.4. The molecule has 2 aliphatic heterocycles. The van der Waals surface area contributed by atoms with Gasteiger partial charge in [0.1, 0.15) is 5.60 Å². The SMILES string of the molecule is CC(C)(C)OC(=O)N1CCC2(CC1)SCc1ccccc12. The van der Waals surface area contributed by atoms with Gasteiger partial charge in [-0.1, -0.05) is 24.3 Å². The van der Waals surface area contributed by atoms with E-state index in [0.29, 0.717) is 0 Å². The standard InChI is InChI=1S/C17H23NO2S/c1-16(2,3)20-15(19)18-10-8-17(9-11-18)14-7-5-4-6-13(14)12-21-17/h4-7H,8-12H2,1-3H3. The summed E-state index contributed by atoms with van der Waals surface area (Å²) in [6, 6.07) is 8.75. The molecule has 1 aromatic carbocycles. The minimum absolute atomic E-state index is 0.173. The number of hydrogen-bond acceptors (Lipinski definition) is 3. The molecule has 1 aromatic rings. The number of ether oxygens (including phenoxy) is 1. The monoisotopic (exact) mass is 305 g/mol. The third kappa shape index (κ3) is 2.91. The van der Waals surface area contributed by atoms with Crippen LogP contribution in [0.4, 0.5) is 4.79 Å². The first kappa shape index (κ1) is 14.8. The Morgan fingerprint density at radius 2 is 1.90 bits per heavy atom. The molecule has 1 spiro atoms. The lowest BCUT2D eigenvalue weighted by molar-refractivity contribution is 0.0196. The van der Waals surface area contributed by atoms with Crippen LogP contribution in [-0.4, -0.2) is 29.7 Å². The second-order valence-electron chi connectivity index (χ2n) is 6.91. The highest BCUT2D eigenvalue weighted by Gasteiger charge is 2.43. The maximum absolute atomic E-state index is 12.2. The van der Waals surface area contributed by atoms with Gasteiger partial charge in [0.2, 0.25) is 0 Å². The predicted molar refractivity (Wildman–Crippen MR) is 86.5 cm³/mol. The third-order valence-electron chi connectivity index (χ3n) is 4.24. The van der Waals surface area contributed by atoms with Crippen LogP contribution in [0.15, 0.2) is 24.3 Å². The number of amides is 1. The van der Waals surface area contributed by atoms with Crippen molar-refractivity contribution in [1.82, 2.24) is 4.90 Å². The van der Waals surface area contributed by atoms with E-state index in [-0.39, 0.29) is 10.8 Å². The van der Waals surface area contributed by atoms with Gasteiger partial charge in [-0.15, -0.1) is 11.8 Å². The zero-order valence-electron chi connectivity index (χ0n) is 13.0. The van der Waals surface area contributed by atoms with Gasteiger partial charge in [0.15, 0.2) is 0 Å². The fourth-order valence-corrected chi connectivity index (χ4v) is 4.68. The van der Waals surface area contributed by atoms with E-state index in [2.05, 4.69) is 24.3 Å². The van der Waals surface area contributed by atoms with Crippen molar-refractivity contribution in [2.45, 2.75) is 49.7 Å². The number of carbonyl (C=O) groups excluding carboxylic acids is 1. The van der Waals surface area contributed by atoms with Gasteiger partial charge in [0.05, 0.1) is 0 Å². The van der Waals surface area contributed by atoms with Crippen molar-refractivity contribution in [2.24, 2.45) is 0 Å². The molecule has 2 heterocycles. The number of carbonyl (C=O) groups is 1. The summed E-state index contributed by atoms with van der Waals surface area (Å²) in [6.07, 6.45) is 1.87. The Balaban J connectivity index is 1.68. The molecular weight excluding hydrogens is 282 g/mol. The average Bonchev–Trinajstić information content (AvgIpc) is 2.77. The van der Waals surface area contributed by atoms with Crippen molar-refractivity contribution < 1.29 is 9.53 Å². The molecule has 21 heavy (non-hydrogen) atoms. The maximum Gasteiger partial charge on any atom is 0.410 e. The van der Waals surface area contributed by atoms with Gasteiger partial charge < -0.3 is 9.64 Å². The van der Waals surface area contributed by atoms with Gasteiger partial charge in [0.25, 0.3) is 0 Å². The molecule has 0 saturated carbocycles. The number of nitrogens with zero attached hydrogens (tertiary/aromatic N) is 1. The van der Waals surface area contributed by atoms with E-state index in [0.717, 1.165) is 31.7 Å². The molecule has 2 aliphatic rings. The number of rotatable bonds is 0. The summed E-state index contributed by atoms with van der Waals surface area (Å²) in [5.41, 5.74) is 2.54. The number of fused-ring (bicyclic) bond motifs is 2. The second-order valence-corrected chi connectivity index (χ2v) is 8.27. The molecule has 0 bridgehead atoms. The Kier molecular flexibility index (Phi) is 3.68. The summed E-state index contributed by atoms with van der Waals surface area (Å²) in [7, 11) is 0. The Morgan fingerprint density at radius 3 is 2.57 bits per heavy atom. The molecule has 0 aromatic heterocycles. The highest BCUT2D eigenvalue weighted by molar-refractivity contribution is 7.99. The highest BCUT2D eigenvalue weighted by atomic mass is 32.2. The number of thioether (sulfide) groups is 1. The van der Waals surface area contributed by atoms with Crippen molar-refractivity contribution in [2.75, 3.05) is 13.1 Å². The molecular formula is C17H23NO2S. The minimum Gasteiger partial charge on any atom is -0.444 e. The molecule has 114 valence electrons. The second kappa shape index (κ2) is 5.24. The summed E-state index contributed by atoms with van der Waals surface area (Å²) >= 11 is 2.04. The van der Waals surface area contributed by atoms with Crippen LogP contribution >= 0.6 is 11.8 Å². The van der Waals surface area contributed by atoms with Gasteiger partial charge in [-0.25, -0.2) is 4.79 Å². The smallest absolute Gasteiger partial charge is 0.410 e. The van der Waals surface area contributed by atoms with Crippen molar-refractivity contribution in [3.63, 3.8) is 0 Å². The molecule has 0 unspecified atom stereocenters. The predicted octanol–water partition coefficient (Wildman–Crippen LogP) is 4.16. The molecule has 0 aliphatic carbocycles. The van der Waals surface area contributed by atoms with Crippen LogP contribution in [0.25, 0.3) is 0 Å². The average molecular weight is 305 g/mol. The Labute approximate surface area is 131 Å². The number of piperidine rings is 1. The number of hydrogen-bond donors (Lipinski definition) is 0. The molecule has 1 amide bonds. The lowest BCUT2D eigenvalue weighted by Gasteiger charge is -2.39. The van der Waals surface area contributed by atoms with Crippen molar-refractivity contribution in [3.05, 3.63) is 35.4 Å².